The molecule has 2 aromatic rings. The van der Waals surface area contributed by atoms with Crippen molar-refractivity contribution >= 4 is 23.2 Å². The van der Waals surface area contributed by atoms with Crippen LogP contribution >= 0.6 is 11.6 Å². The van der Waals surface area contributed by atoms with Crippen LogP contribution in [0.25, 0.3) is 0 Å². The minimum absolute atomic E-state index is 0.235. The standard InChI is InChI=1S/C17H15ClN4O/c1-11-20-7-6-15(21-11)17(23)22(10-12-2-3-12)16-8-14(18)5-4-13(16)9-19/h4-8,12H,2-3,10H2,1H3. The second-order valence-corrected chi connectivity index (χ2v) is 6.06. The van der Waals surface area contributed by atoms with Crippen LogP contribution in [0.5, 0.6) is 0 Å². The Balaban J connectivity index is 2.03. The summed E-state index contributed by atoms with van der Waals surface area (Å²) in [5.74, 6) is 0.766. The topological polar surface area (TPSA) is 69.9 Å². The number of carbonyl (C=O) groups excluding carboxylic acids is 1. The highest BCUT2D eigenvalue weighted by molar-refractivity contribution is 6.31. The number of hydrogen-bond donors (Lipinski definition) is 0. The van der Waals surface area contributed by atoms with Gasteiger partial charge in [0.05, 0.1) is 11.3 Å². The molecule has 116 valence electrons. The first-order valence-electron chi connectivity index (χ1n) is 7.39. The average Bonchev–Trinajstić information content (AvgIpc) is 3.36. The molecule has 0 spiro atoms. The summed E-state index contributed by atoms with van der Waals surface area (Å²) in [6.07, 6.45) is 3.75. The van der Waals surface area contributed by atoms with Crippen molar-refractivity contribution in [2.24, 2.45) is 5.92 Å². The molecule has 1 saturated carbocycles. The Morgan fingerprint density at radius 1 is 1.43 bits per heavy atom. The van der Waals surface area contributed by atoms with E-state index in [1.54, 1.807) is 42.3 Å². The molecule has 1 amide bonds. The zero-order valence-electron chi connectivity index (χ0n) is 12.7. The summed E-state index contributed by atoms with van der Waals surface area (Å²) >= 11 is 6.07. The second-order valence-electron chi connectivity index (χ2n) is 5.62. The molecule has 6 heteroatoms. The Hall–Kier alpha value is -2.45. The van der Waals surface area contributed by atoms with Crippen LogP contribution in [0.2, 0.25) is 5.02 Å². The third-order valence-corrected chi connectivity index (χ3v) is 3.98. The lowest BCUT2D eigenvalue weighted by Crippen LogP contribution is -2.34. The van der Waals surface area contributed by atoms with Crippen LogP contribution in [-0.4, -0.2) is 22.4 Å². The maximum absolute atomic E-state index is 12.9. The molecule has 23 heavy (non-hydrogen) atoms. The minimum Gasteiger partial charge on any atom is -0.305 e. The largest absolute Gasteiger partial charge is 0.305 e. The maximum atomic E-state index is 12.9. The first-order chi connectivity index (χ1) is 11.1. The zero-order chi connectivity index (χ0) is 16.4. The molecule has 0 aliphatic heterocycles. The van der Waals surface area contributed by atoms with Gasteiger partial charge in [-0.15, -0.1) is 0 Å². The van der Waals surface area contributed by atoms with Gasteiger partial charge in [0.25, 0.3) is 5.91 Å². The molecule has 0 saturated heterocycles. The third-order valence-electron chi connectivity index (χ3n) is 3.75. The molecule has 1 aliphatic carbocycles. The van der Waals surface area contributed by atoms with E-state index in [9.17, 15) is 10.1 Å². The van der Waals surface area contributed by atoms with Gasteiger partial charge >= 0.3 is 0 Å². The molecule has 0 bridgehead atoms. The number of hydrogen-bond acceptors (Lipinski definition) is 4. The van der Waals surface area contributed by atoms with Gasteiger partial charge in [0.2, 0.25) is 0 Å². The van der Waals surface area contributed by atoms with Gasteiger partial charge in [0.1, 0.15) is 17.6 Å². The van der Waals surface area contributed by atoms with Crippen LogP contribution in [0.15, 0.2) is 30.5 Å². The molecule has 0 radical (unpaired) electrons. The molecular formula is C17H15ClN4O. The van der Waals surface area contributed by atoms with E-state index in [4.69, 9.17) is 11.6 Å². The van der Waals surface area contributed by atoms with Crippen LogP contribution < -0.4 is 4.90 Å². The first-order valence-corrected chi connectivity index (χ1v) is 7.77. The van der Waals surface area contributed by atoms with E-state index in [-0.39, 0.29) is 5.91 Å². The summed E-state index contributed by atoms with van der Waals surface area (Å²) < 4.78 is 0. The van der Waals surface area contributed by atoms with E-state index in [0.29, 0.717) is 40.3 Å². The molecule has 0 atom stereocenters. The van der Waals surface area contributed by atoms with Crippen LogP contribution in [0, 0.1) is 24.2 Å². The molecule has 1 fully saturated rings. The van der Waals surface area contributed by atoms with Crippen LogP contribution in [0.1, 0.15) is 34.7 Å². The van der Waals surface area contributed by atoms with Crippen molar-refractivity contribution in [3.05, 3.63) is 52.6 Å². The van der Waals surface area contributed by atoms with Gasteiger partial charge in [0, 0.05) is 17.8 Å². The molecule has 1 heterocycles. The highest BCUT2D eigenvalue weighted by Crippen LogP contribution is 2.34. The molecule has 1 aliphatic rings. The van der Waals surface area contributed by atoms with Crippen LogP contribution in [-0.2, 0) is 0 Å². The molecule has 5 nitrogen and oxygen atoms in total. The fourth-order valence-corrected chi connectivity index (χ4v) is 2.55. The molecular weight excluding hydrogens is 312 g/mol. The summed E-state index contributed by atoms with van der Waals surface area (Å²) in [5.41, 5.74) is 1.28. The number of carbonyl (C=O) groups is 1. The maximum Gasteiger partial charge on any atom is 0.277 e. The molecule has 1 aromatic carbocycles. The van der Waals surface area contributed by atoms with E-state index < -0.39 is 0 Å². The number of rotatable bonds is 4. The Kier molecular flexibility index (Phi) is 4.26. The van der Waals surface area contributed by atoms with E-state index in [0.717, 1.165) is 12.8 Å². The van der Waals surface area contributed by atoms with Crippen molar-refractivity contribution in [1.29, 1.82) is 5.26 Å². The number of nitrogens with zero attached hydrogens (tertiary/aromatic N) is 4. The lowest BCUT2D eigenvalue weighted by atomic mass is 10.1. The van der Waals surface area contributed by atoms with Crippen molar-refractivity contribution in [3.63, 3.8) is 0 Å². The molecule has 0 N–H and O–H groups in total. The minimum atomic E-state index is -0.235. The van der Waals surface area contributed by atoms with E-state index >= 15 is 0 Å². The van der Waals surface area contributed by atoms with Gasteiger partial charge in [-0.25, -0.2) is 9.97 Å². The summed E-state index contributed by atoms with van der Waals surface area (Å²) in [7, 11) is 0. The predicted molar refractivity (Wildman–Crippen MR) is 87.3 cm³/mol. The first kappa shape index (κ1) is 15.4. The highest BCUT2D eigenvalue weighted by atomic mass is 35.5. The quantitative estimate of drug-likeness (QED) is 0.863. The number of anilines is 1. The van der Waals surface area contributed by atoms with Crippen LogP contribution in [0.4, 0.5) is 5.69 Å². The highest BCUT2D eigenvalue weighted by Gasteiger charge is 2.30. The molecule has 1 aromatic heterocycles. The van der Waals surface area contributed by atoms with Gasteiger partial charge in [-0.05, 0) is 49.9 Å². The lowest BCUT2D eigenvalue weighted by molar-refractivity contribution is 0.0980. The Bertz CT molecular complexity index is 795. The van der Waals surface area contributed by atoms with Crippen LogP contribution in [0.3, 0.4) is 0 Å². The van der Waals surface area contributed by atoms with Crippen molar-refractivity contribution in [2.75, 3.05) is 11.4 Å². The van der Waals surface area contributed by atoms with Gasteiger partial charge in [-0.1, -0.05) is 11.6 Å². The smallest absolute Gasteiger partial charge is 0.277 e. The third kappa shape index (κ3) is 3.49. The van der Waals surface area contributed by atoms with Crippen molar-refractivity contribution in [2.45, 2.75) is 19.8 Å². The number of halogens is 1. The summed E-state index contributed by atoms with van der Waals surface area (Å²) in [6.45, 7) is 2.30. The Labute approximate surface area is 139 Å². The second kappa shape index (κ2) is 6.35. The molecule has 3 rings (SSSR count). The summed E-state index contributed by atoms with van der Waals surface area (Å²) in [5, 5.41) is 9.84. The van der Waals surface area contributed by atoms with E-state index in [1.807, 2.05) is 0 Å². The van der Waals surface area contributed by atoms with Crippen molar-refractivity contribution in [1.82, 2.24) is 9.97 Å². The number of amides is 1. The van der Waals surface area contributed by atoms with Gasteiger partial charge < -0.3 is 4.90 Å². The van der Waals surface area contributed by atoms with Gasteiger partial charge in [0.15, 0.2) is 0 Å². The monoisotopic (exact) mass is 326 g/mol. The normalized spacial score (nSPS) is 13.4. The lowest BCUT2D eigenvalue weighted by Gasteiger charge is -2.23. The Morgan fingerprint density at radius 3 is 2.87 bits per heavy atom. The Morgan fingerprint density at radius 2 is 2.22 bits per heavy atom. The fraction of sp³-hybridized carbons (Fsp3) is 0.294. The summed E-state index contributed by atoms with van der Waals surface area (Å²) in [6, 6.07) is 8.67. The molecule has 0 unspecified atom stereocenters. The predicted octanol–water partition coefficient (Wildman–Crippen LogP) is 3.37. The number of aromatic nitrogens is 2. The number of benzene rings is 1. The van der Waals surface area contributed by atoms with E-state index in [1.165, 1.54) is 0 Å². The van der Waals surface area contributed by atoms with Crippen molar-refractivity contribution in [3.8, 4) is 6.07 Å². The summed E-state index contributed by atoms with van der Waals surface area (Å²) in [4.78, 5) is 22.8. The SMILES string of the molecule is Cc1nccc(C(=O)N(CC2CC2)c2cc(Cl)ccc2C#N)n1. The number of aryl methyl sites for hydroxylation is 1. The zero-order valence-corrected chi connectivity index (χ0v) is 13.4. The fourth-order valence-electron chi connectivity index (χ4n) is 2.39. The van der Waals surface area contributed by atoms with E-state index in [2.05, 4.69) is 16.0 Å². The van der Waals surface area contributed by atoms with Crippen molar-refractivity contribution < 1.29 is 4.79 Å². The van der Waals surface area contributed by atoms with Gasteiger partial charge in [-0.2, -0.15) is 5.26 Å². The number of nitriles is 1. The average molecular weight is 327 g/mol. The van der Waals surface area contributed by atoms with Gasteiger partial charge in [-0.3, -0.25) is 4.79 Å².